The molecule has 0 spiro atoms. The highest BCUT2D eigenvalue weighted by atomic mass is 16.5. The van der Waals surface area contributed by atoms with Gasteiger partial charge in [-0.2, -0.15) is 0 Å². The molecule has 1 aliphatic rings. The van der Waals surface area contributed by atoms with Gasteiger partial charge in [-0.1, -0.05) is 5.57 Å². The minimum absolute atomic E-state index is 0.239. The first-order chi connectivity index (χ1) is 6.15. The van der Waals surface area contributed by atoms with Crippen LogP contribution in [0.3, 0.4) is 0 Å². The van der Waals surface area contributed by atoms with E-state index >= 15 is 0 Å². The van der Waals surface area contributed by atoms with Crippen LogP contribution in [0, 0.1) is 0 Å². The molecule has 2 heteroatoms. The SMILES string of the molecule is CCOC1=CC(=C(C)C)C(=O)CC1. The van der Waals surface area contributed by atoms with Crippen LogP contribution in [0.4, 0.5) is 0 Å². The lowest BCUT2D eigenvalue weighted by atomic mass is 9.96. The van der Waals surface area contributed by atoms with E-state index in [1.807, 2.05) is 26.8 Å². The Hall–Kier alpha value is -1.05. The minimum Gasteiger partial charge on any atom is -0.498 e. The second-order valence-corrected chi connectivity index (χ2v) is 3.38. The zero-order valence-corrected chi connectivity index (χ0v) is 8.52. The van der Waals surface area contributed by atoms with Gasteiger partial charge in [-0.25, -0.2) is 0 Å². The average Bonchev–Trinajstić information content (AvgIpc) is 2.08. The molecular formula is C11H16O2. The van der Waals surface area contributed by atoms with Crippen molar-refractivity contribution in [2.75, 3.05) is 6.61 Å². The van der Waals surface area contributed by atoms with E-state index in [1.165, 1.54) is 0 Å². The van der Waals surface area contributed by atoms with E-state index in [-0.39, 0.29) is 5.78 Å². The Morgan fingerprint density at radius 3 is 2.69 bits per heavy atom. The van der Waals surface area contributed by atoms with Crippen molar-refractivity contribution in [3.05, 3.63) is 23.0 Å². The number of allylic oxidation sites excluding steroid dienone is 4. The van der Waals surface area contributed by atoms with E-state index in [9.17, 15) is 4.79 Å². The highest BCUT2D eigenvalue weighted by molar-refractivity contribution is 5.99. The normalized spacial score (nSPS) is 17.0. The third-order valence-corrected chi connectivity index (χ3v) is 2.07. The van der Waals surface area contributed by atoms with E-state index in [2.05, 4.69) is 0 Å². The van der Waals surface area contributed by atoms with Crippen molar-refractivity contribution in [2.45, 2.75) is 33.6 Å². The van der Waals surface area contributed by atoms with Crippen LogP contribution in [0.5, 0.6) is 0 Å². The molecule has 2 nitrogen and oxygen atoms in total. The number of carbonyl (C=O) groups is 1. The molecule has 0 N–H and O–H groups in total. The van der Waals surface area contributed by atoms with Crippen LogP contribution in [-0.4, -0.2) is 12.4 Å². The summed E-state index contributed by atoms with van der Waals surface area (Å²) in [6.07, 6.45) is 3.22. The van der Waals surface area contributed by atoms with Gasteiger partial charge in [0.2, 0.25) is 0 Å². The Balaban J connectivity index is 2.88. The molecule has 0 amide bonds. The molecule has 0 bridgehead atoms. The number of hydrogen-bond donors (Lipinski definition) is 0. The molecule has 72 valence electrons. The number of Topliss-reactive ketones (excluding diaryl/α,β-unsaturated/α-hetero) is 1. The third-order valence-electron chi connectivity index (χ3n) is 2.07. The Bertz CT molecular complexity index is 268. The summed E-state index contributed by atoms with van der Waals surface area (Å²) in [7, 11) is 0. The molecule has 0 aromatic rings. The lowest BCUT2D eigenvalue weighted by molar-refractivity contribution is -0.115. The molecule has 0 radical (unpaired) electrons. The molecule has 0 saturated carbocycles. The van der Waals surface area contributed by atoms with Crippen LogP contribution in [0.15, 0.2) is 23.0 Å². The van der Waals surface area contributed by atoms with Crippen LogP contribution in [-0.2, 0) is 9.53 Å². The summed E-state index contributed by atoms with van der Waals surface area (Å²) in [6.45, 7) is 6.55. The van der Waals surface area contributed by atoms with Gasteiger partial charge in [0.25, 0.3) is 0 Å². The predicted octanol–water partition coefficient (Wildman–Crippen LogP) is 2.61. The maximum atomic E-state index is 11.4. The van der Waals surface area contributed by atoms with E-state index in [0.717, 1.165) is 23.3 Å². The molecule has 0 saturated heterocycles. The van der Waals surface area contributed by atoms with E-state index < -0.39 is 0 Å². The Kier molecular flexibility index (Phi) is 3.29. The molecule has 0 unspecified atom stereocenters. The summed E-state index contributed by atoms with van der Waals surface area (Å²) < 4.78 is 5.39. The highest BCUT2D eigenvalue weighted by Gasteiger charge is 2.16. The molecule has 0 atom stereocenters. The van der Waals surface area contributed by atoms with Crippen molar-refractivity contribution < 1.29 is 9.53 Å². The fourth-order valence-corrected chi connectivity index (χ4v) is 1.41. The molecule has 13 heavy (non-hydrogen) atoms. The van der Waals surface area contributed by atoms with Crippen LogP contribution in [0.25, 0.3) is 0 Å². The first-order valence-electron chi connectivity index (χ1n) is 4.69. The van der Waals surface area contributed by atoms with Gasteiger partial charge in [0.05, 0.1) is 12.4 Å². The topological polar surface area (TPSA) is 26.3 Å². The molecule has 0 aromatic carbocycles. The average molecular weight is 180 g/mol. The monoisotopic (exact) mass is 180 g/mol. The van der Waals surface area contributed by atoms with E-state index in [0.29, 0.717) is 13.0 Å². The second-order valence-electron chi connectivity index (χ2n) is 3.38. The summed E-state index contributed by atoms with van der Waals surface area (Å²) in [6, 6.07) is 0. The molecule has 0 aromatic heterocycles. The lowest BCUT2D eigenvalue weighted by Crippen LogP contribution is -2.10. The zero-order valence-electron chi connectivity index (χ0n) is 8.52. The first-order valence-corrected chi connectivity index (χ1v) is 4.69. The van der Waals surface area contributed by atoms with Crippen molar-refractivity contribution in [3.63, 3.8) is 0 Å². The first kappa shape index (κ1) is 10.0. The van der Waals surface area contributed by atoms with Crippen molar-refractivity contribution in [1.29, 1.82) is 0 Å². The van der Waals surface area contributed by atoms with Gasteiger partial charge in [-0.05, 0) is 26.8 Å². The fourth-order valence-electron chi connectivity index (χ4n) is 1.41. The van der Waals surface area contributed by atoms with E-state index in [1.54, 1.807) is 0 Å². The highest BCUT2D eigenvalue weighted by Crippen LogP contribution is 2.22. The lowest BCUT2D eigenvalue weighted by Gasteiger charge is -2.15. The minimum atomic E-state index is 0.239. The maximum Gasteiger partial charge on any atom is 0.163 e. The maximum absolute atomic E-state index is 11.4. The smallest absolute Gasteiger partial charge is 0.163 e. The van der Waals surface area contributed by atoms with Crippen molar-refractivity contribution in [3.8, 4) is 0 Å². The van der Waals surface area contributed by atoms with Gasteiger partial charge in [-0.15, -0.1) is 0 Å². The number of carbonyl (C=O) groups excluding carboxylic acids is 1. The molecule has 1 aliphatic carbocycles. The third kappa shape index (κ3) is 2.44. The van der Waals surface area contributed by atoms with Gasteiger partial charge < -0.3 is 4.74 Å². The summed E-state index contributed by atoms with van der Waals surface area (Å²) >= 11 is 0. The molecule has 0 heterocycles. The predicted molar refractivity (Wildman–Crippen MR) is 52.3 cm³/mol. The van der Waals surface area contributed by atoms with Crippen LogP contribution in [0.1, 0.15) is 33.6 Å². The van der Waals surface area contributed by atoms with Gasteiger partial charge in [-0.3, -0.25) is 4.79 Å². The van der Waals surface area contributed by atoms with Crippen LogP contribution >= 0.6 is 0 Å². The number of rotatable bonds is 2. The summed E-state index contributed by atoms with van der Waals surface area (Å²) in [4.78, 5) is 11.4. The summed E-state index contributed by atoms with van der Waals surface area (Å²) in [5, 5.41) is 0. The van der Waals surface area contributed by atoms with Crippen LogP contribution in [0.2, 0.25) is 0 Å². The van der Waals surface area contributed by atoms with Gasteiger partial charge in [0.1, 0.15) is 0 Å². The summed E-state index contributed by atoms with van der Waals surface area (Å²) in [5.74, 6) is 1.18. The second kappa shape index (κ2) is 4.26. The van der Waals surface area contributed by atoms with Crippen molar-refractivity contribution in [1.82, 2.24) is 0 Å². The number of ether oxygens (including phenoxy) is 1. The fraction of sp³-hybridized carbons (Fsp3) is 0.545. The largest absolute Gasteiger partial charge is 0.498 e. The molecule has 0 aliphatic heterocycles. The Labute approximate surface area is 79.3 Å². The molecule has 0 fully saturated rings. The summed E-state index contributed by atoms with van der Waals surface area (Å²) in [5.41, 5.74) is 1.90. The number of hydrogen-bond acceptors (Lipinski definition) is 2. The van der Waals surface area contributed by atoms with Crippen molar-refractivity contribution in [2.24, 2.45) is 0 Å². The van der Waals surface area contributed by atoms with E-state index in [4.69, 9.17) is 4.74 Å². The van der Waals surface area contributed by atoms with Crippen LogP contribution < -0.4 is 0 Å². The quantitative estimate of drug-likeness (QED) is 0.610. The number of ketones is 1. The Morgan fingerprint density at radius 1 is 1.46 bits per heavy atom. The molecular weight excluding hydrogens is 164 g/mol. The molecule has 1 rings (SSSR count). The Morgan fingerprint density at radius 2 is 2.15 bits per heavy atom. The van der Waals surface area contributed by atoms with Gasteiger partial charge in [0.15, 0.2) is 5.78 Å². The van der Waals surface area contributed by atoms with Gasteiger partial charge >= 0.3 is 0 Å². The van der Waals surface area contributed by atoms with Gasteiger partial charge in [0, 0.05) is 18.4 Å². The van der Waals surface area contributed by atoms with Crippen molar-refractivity contribution >= 4 is 5.78 Å². The zero-order chi connectivity index (χ0) is 9.84. The standard InChI is InChI=1S/C11H16O2/c1-4-13-9-5-6-11(12)10(7-9)8(2)3/h7H,4-6H2,1-3H3.